The lowest BCUT2D eigenvalue weighted by molar-refractivity contribution is 1.31. The summed E-state index contributed by atoms with van der Waals surface area (Å²) in [6, 6.07) is 18.3. The third kappa shape index (κ3) is 2.22. The molecule has 3 aromatic rings. The van der Waals surface area contributed by atoms with Gasteiger partial charge in [-0.15, -0.1) is 0 Å². The van der Waals surface area contributed by atoms with Crippen molar-refractivity contribution >= 4 is 15.9 Å². The minimum absolute atomic E-state index is 0.894. The Labute approximate surface area is 114 Å². The fourth-order valence-electron chi connectivity index (χ4n) is 1.87. The van der Waals surface area contributed by atoms with E-state index in [0.29, 0.717) is 0 Å². The van der Waals surface area contributed by atoms with Crippen LogP contribution in [0.2, 0.25) is 0 Å². The number of aromatic amines is 1. The molecule has 0 aliphatic carbocycles. The molecule has 0 amide bonds. The Kier molecular flexibility index (Phi) is 2.99. The monoisotopic (exact) mass is 298 g/mol. The minimum Gasteiger partial charge on any atom is -0.338 e. The number of hydrogen-bond acceptors (Lipinski definition) is 1. The molecule has 0 aliphatic heterocycles. The Morgan fingerprint density at radius 3 is 2.44 bits per heavy atom. The molecule has 0 aliphatic rings. The molecule has 18 heavy (non-hydrogen) atoms. The summed E-state index contributed by atoms with van der Waals surface area (Å²) >= 11 is 3.48. The molecule has 0 bridgehead atoms. The number of benzene rings is 2. The van der Waals surface area contributed by atoms with Gasteiger partial charge in [-0.1, -0.05) is 58.4 Å². The molecule has 0 spiro atoms. The lowest BCUT2D eigenvalue weighted by Gasteiger charge is -1.98. The number of H-pyrrole nitrogens is 1. The van der Waals surface area contributed by atoms with Gasteiger partial charge in [0.2, 0.25) is 0 Å². The Bertz CT molecular complexity index is 659. The van der Waals surface area contributed by atoms with Crippen LogP contribution in [0, 0.1) is 0 Å². The molecule has 1 N–H and O–H groups in total. The minimum atomic E-state index is 0.894. The van der Waals surface area contributed by atoms with E-state index in [1.54, 1.807) is 0 Å². The lowest BCUT2D eigenvalue weighted by atomic mass is 10.2. The first-order valence-corrected chi connectivity index (χ1v) is 6.48. The van der Waals surface area contributed by atoms with Gasteiger partial charge in [-0.05, 0) is 12.1 Å². The average molecular weight is 299 g/mol. The maximum atomic E-state index is 4.42. The molecular weight excluding hydrogens is 288 g/mol. The first kappa shape index (κ1) is 11.2. The number of nitrogens with zero attached hydrogens (tertiary/aromatic N) is 1. The number of aromatic nitrogens is 2. The molecule has 0 atom stereocenters. The van der Waals surface area contributed by atoms with Gasteiger partial charge in [-0.25, -0.2) is 4.98 Å². The summed E-state index contributed by atoms with van der Waals surface area (Å²) in [6.07, 6.45) is 1.87. The van der Waals surface area contributed by atoms with Crippen molar-refractivity contribution in [2.24, 2.45) is 0 Å². The van der Waals surface area contributed by atoms with Crippen molar-refractivity contribution in [3.8, 4) is 22.6 Å². The van der Waals surface area contributed by atoms with Gasteiger partial charge >= 0.3 is 0 Å². The van der Waals surface area contributed by atoms with E-state index in [0.717, 1.165) is 27.1 Å². The zero-order chi connectivity index (χ0) is 12.4. The van der Waals surface area contributed by atoms with Crippen molar-refractivity contribution in [2.45, 2.75) is 0 Å². The highest BCUT2D eigenvalue weighted by Crippen LogP contribution is 2.24. The van der Waals surface area contributed by atoms with Crippen LogP contribution in [0.5, 0.6) is 0 Å². The number of imidazole rings is 1. The topological polar surface area (TPSA) is 28.7 Å². The van der Waals surface area contributed by atoms with Crippen molar-refractivity contribution in [3.63, 3.8) is 0 Å². The van der Waals surface area contributed by atoms with E-state index < -0.39 is 0 Å². The summed E-state index contributed by atoms with van der Waals surface area (Å²) < 4.78 is 1.07. The van der Waals surface area contributed by atoms with Gasteiger partial charge in [-0.3, -0.25) is 0 Å². The van der Waals surface area contributed by atoms with Crippen molar-refractivity contribution < 1.29 is 0 Å². The van der Waals surface area contributed by atoms with Crippen LogP contribution < -0.4 is 0 Å². The highest BCUT2D eigenvalue weighted by molar-refractivity contribution is 9.10. The Hall–Kier alpha value is -1.87. The average Bonchev–Trinajstić information content (AvgIpc) is 2.89. The molecular formula is C15H11BrN2. The normalized spacial score (nSPS) is 10.5. The maximum Gasteiger partial charge on any atom is 0.137 e. The second-order valence-electron chi connectivity index (χ2n) is 4.02. The van der Waals surface area contributed by atoms with E-state index in [2.05, 4.69) is 38.0 Å². The standard InChI is InChI=1S/C15H11BrN2/c16-13-8-4-7-12(9-13)14-10-17-15(18-14)11-5-2-1-3-6-11/h1-10H,(H,17,18). The van der Waals surface area contributed by atoms with Crippen molar-refractivity contribution in [3.05, 3.63) is 65.3 Å². The van der Waals surface area contributed by atoms with Crippen LogP contribution in [0.15, 0.2) is 65.3 Å². The molecule has 2 nitrogen and oxygen atoms in total. The molecule has 3 heteroatoms. The van der Waals surface area contributed by atoms with Gasteiger partial charge in [0.25, 0.3) is 0 Å². The molecule has 1 heterocycles. The van der Waals surface area contributed by atoms with E-state index in [9.17, 15) is 0 Å². The van der Waals surface area contributed by atoms with E-state index in [1.165, 1.54) is 0 Å². The van der Waals surface area contributed by atoms with Crippen LogP contribution in [0.4, 0.5) is 0 Å². The number of halogens is 1. The largest absolute Gasteiger partial charge is 0.338 e. The first-order valence-electron chi connectivity index (χ1n) is 5.69. The Morgan fingerprint density at radius 1 is 0.889 bits per heavy atom. The molecule has 0 unspecified atom stereocenters. The summed E-state index contributed by atoms with van der Waals surface area (Å²) in [6.45, 7) is 0. The SMILES string of the molecule is Brc1cccc(-c2cnc(-c3ccccc3)[nH]2)c1. The summed E-state index contributed by atoms with van der Waals surface area (Å²) in [7, 11) is 0. The predicted molar refractivity (Wildman–Crippen MR) is 77.2 cm³/mol. The molecule has 88 valence electrons. The van der Waals surface area contributed by atoms with Crippen LogP contribution in [0.3, 0.4) is 0 Å². The second-order valence-corrected chi connectivity index (χ2v) is 4.94. The van der Waals surface area contributed by atoms with Crippen LogP contribution in [-0.2, 0) is 0 Å². The van der Waals surface area contributed by atoms with Crippen molar-refractivity contribution in [1.82, 2.24) is 9.97 Å². The number of rotatable bonds is 2. The Balaban J connectivity index is 2.00. The summed E-state index contributed by atoms with van der Waals surface area (Å²) in [5.41, 5.74) is 3.24. The zero-order valence-electron chi connectivity index (χ0n) is 9.60. The van der Waals surface area contributed by atoms with Gasteiger partial charge in [0.05, 0.1) is 11.9 Å². The van der Waals surface area contributed by atoms with Crippen LogP contribution in [0.25, 0.3) is 22.6 Å². The van der Waals surface area contributed by atoms with Crippen LogP contribution in [-0.4, -0.2) is 9.97 Å². The molecule has 3 rings (SSSR count). The highest BCUT2D eigenvalue weighted by atomic mass is 79.9. The van der Waals surface area contributed by atoms with Crippen LogP contribution >= 0.6 is 15.9 Å². The molecule has 0 radical (unpaired) electrons. The fourth-order valence-corrected chi connectivity index (χ4v) is 2.27. The quantitative estimate of drug-likeness (QED) is 0.741. The van der Waals surface area contributed by atoms with Crippen molar-refractivity contribution in [1.29, 1.82) is 0 Å². The molecule has 0 saturated heterocycles. The lowest BCUT2D eigenvalue weighted by Crippen LogP contribution is -1.80. The summed E-state index contributed by atoms with van der Waals surface area (Å²) in [4.78, 5) is 7.76. The number of nitrogens with one attached hydrogen (secondary N) is 1. The van der Waals surface area contributed by atoms with Crippen molar-refractivity contribution in [2.75, 3.05) is 0 Å². The number of hydrogen-bond donors (Lipinski definition) is 1. The molecule has 0 saturated carbocycles. The second kappa shape index (κ2) is 4.78. The third-order valence-corrected chi connectivity index (χ3v) is 3.25. The summed E-state index contributed by atoms with van der Waals surface area (Å²) in [5, 5.41) is 0. The summed E-state index contributed by atoms with van der Waals surface area (Å²) in [5.74, 6) is 0.894. The third-order valence-electron chi connectivity index (χ3n) is 2.76. The molecule has 0 fully saturated rings. The van der Waals surface area contributed by atoms with Gasteiger partial charge in [0, 0.05) is 15.6 Å². The fraction of sp³-hybridized carbons (Fsp3) is 0. The van der Waals surface area contributed by atoms with E-state index in [4.69, 9.17) is 0 Å². The highest BCUT2D eigenvalue weighted by Gasteiger charge is 2.04. The van der Waals surface area contributed by atoms with E-state index in [-0.39, 0.29) is 0 Å². The molecule has 1 aromatic heterocycles. The zero-order valence-corrected chi connectivity index (χ0v) is 11.2. The van der Waals surface area contributed by atoms with Gasteiger partial charge in [0.15, 0.2) is 0 Å². The maximum absolute atomic E-state index is 4.42. The first-order chi connectivity index (χ1) is 8.83. The smallest absolute Gasteiger partial charge is 0.137 e. The van der Waals surface area contributed by atoms with Gasteiger partial charge in [-0.2, -0.15) is 0 Å². The van der Waals surface area contributed by atoms with Gasteiger partial charge in [0.1, 0.15) is 5.82 Å². The van der Waals surface area contributed by atoms with Gasteiger partial charge < -0.3 is 4.98 Å². The van der Waals surface area contributed by atoms with E-state index in [1.807, 2.05) is 48.7 Å². The predicted octanol–water partition coefficient (Wildman–Crippen LogP) is 4.51. The van der Waals surface area contributed by atoms with E-state index >= 15 is 0 Å². The molecule has 2 aromatic carbocycles. The Morgan fingerprint density at radius 2 is 1.67 bits per heavy atom. The van der Waals surface area contributed by atoms with Crippen LogP contribution in [0.1, 0.15) is 0 Å².